The van der Waals surface area contributed by atoms with Crippen molar-refractivity contribution in [2.45, 2.75) is 54.8 Å². The predicted octanol–water partition coefficient (Wildman–Crippen LogP) is 5.11. The van der Waals surface area contributed by atoms with Crippen molar-refractivity contribution in [3.63, 3.8) is 0 Å². The van der Waals surface area contributed by atoms with Crippen molar-refractivity contribution in [2.24, 2.45) is 0 Å². The van der Waals surface area contributed by atoms with Gasteiger partial charge in [0.15, 0.2) is 5.16 Å². The lowest BCUT2D eigenvalue weighted by molar-refractivity contribution is -0.115. The first-order valence-corrected chi connectivity index (χ1v) is 12.2. The molecule has 0 spiro atoms. The number of carbonyl (C=O) groups excluding carboxylic acids is 1. The molecule has 1 heterocycles. The van der Waals surface area contributed by atoms with E-state index < -0.39 is 5.97 Å². The molecule has 1 unspecified atom stereocenters. The predicted molar refractivity (Wildman–Crippen MR) is 128 cm³/mol. The van der Waals surface area contributed by atoms with Crippen LogP contribution >= 0.6 is 23.5 Å². The molecule has 9 heteroatoms. The van der Waals surface area contributed by atoms with Crippen molar-refractivity contribution >= 4 is 41.1 Å². The van der Waals surface area contributed by atoms with E-state index in [1.807, 2.05) is 18.4 Å². The molecular weight excluding hydrogens is 444 g/mol. The van der Waals surface area contributed by atoms with E-state index in [4.69, 9.17) is 5.11 Å². The molecule has 2 N–H and O–H groups in total. The van der Waals surface area contributed by atoms with E-state index >= 15 is 0 Å². The van der Waals surface area contributed by atoms with Gasteiger partial charge in [-0.05, 0) is 50.6 Å². The summed E-state index contributed by atoms with van der Waals surface area (Å²) in [4.78, 5) is 25.2. The molecule has 0 saturated heterocycles. The second kappa shape index (κ2) is 11.2. The van der Waals surface area contributed by atoms with Gasteiger partial charge in [0, 0.05) is 17.1 Å². The van der Waals surface area contributed by atoms with Gasteiger partial charge in [0.05, 0.1) is 16.6 Å². The molecule has 3 rings (SSSR count). The van der Waals surface area contributed by atoms with Gasteiger partial charge in [0.2, 0.25) is 5.91 Å². The molecule has 1 amide bonds. The summed E-state index contributed by atoms with van der Waals surface area (Å²) in [6.07, 6.45) is 0.596. The Labute approximate surface area is 196 Å². The van der Waals surface area contributed by atoms with Crippen LogP contribution < -0.4 is 5.32 Å². The fourth-order valence-corrected chi connectivity index (χ4v) is 4.89. The van der Waals surface area contributed by atoms with Crippen LogP contribution in [-0.2, 0) is 17.1 Å². The number of aromatic nitrogens is 3. The number of rotatable bonds is 10. The average molecular weight is 471 g/mol. The van der Waals surface area contributed by atoms with Crippen LogP contribution in [0.2, 0.25) is 0 Å². The quantitative estimate of drug-likeness (QED) is 0.398. The first-order valence-electron chi connectivity index (χ1n) is 10.3. The van der Waals surface area contributed by atoms with Crippen molar-refractivity contribution in [2.75, 3.05) is 5.32 Å². The molecule has 7 nitrogen and oxygen atoms in total. The van der Waals surface area contributed by atoms with Gasteiger partial charge in [0.25, 0.3) is 0 Å². The van der Waals surface area contributed by atoms with E-state index in [2.05, 4.69) is 46.7 Å². The van der Waals surface area contributed by atoms with Crippen LogP contribution in [0.1, 0.15) is 42.0 Å². The SMILES string of the molecule is CCC(Sc1nnc(CSc2ccc(C)cc2)n1CC)C(=O)Nc1cccc(C(=O)O)c1. The molecule has 32 heavy (non-hydrogen) atoms. The Morgan fingerprint density at radius 2 is 1.88 bits per heavy atom. The van der Waals surface area contributed by atoms with E-state index in [0.717, 1.165) is 5.82 Å². The lowest BCUT2D eigenvalue weighted by Crippen LogP contribution is -2.25. The number of carbonyl (C=O) groups is 2. The maximum atomic E-state index is 12.8. The number of thioether (sulfide) groups is 2. The van der Waals surface area contributed by atoms with Crippen LogP contribution in [0.3, 0.4) is 0 Å². The number of carboxylic acid groups (broad SMARTS) is 1. The van der Waals surface area contributed by atoms with E-state index in [1.165, 1.54) is 34.4 Å². The van der Waals surface area contributed by atoms with Crippen molar-refractivity contribution in [1.29, 1.82) is 0 Å². The number of nitrogens with zero attached hydrogens (tertiary/aromatic N) is 3. The first kappa shape index (κ1) is 23.9. The maximum absolute atomic E-state index is 12.8. The topological polar surface area (TPSA) is 97.1 Å². The fraction of sp³-hybridized carbons (Fsp3) is 0.304. The minimum atomic E-state index is -1.03. The molecular formula is C23H26N4O3S2. The van der Waals surface area contributed by atoms with Crippen LogP contribution in [0.15, 0.2) is 58.6 Å². The normalized spacial score (nSPS) is 11.8. The van der Waals surface area contributed by atoms with Crippen LogP contribution in [0.4, 0.5) is 5.69 Å². The third-order valence-corrected chi connectivity index (χ3v) is 7.14. The van der Waals surface area contributed by atoms with Gasteiger partial charge in [-0.25, -0.2) is 4.79 Å². The summed E-state index contributed by atoms with van der Waals surface area (Å²) in [5.74, 6) is 0.330. The number of hydrogen-bond donors (Lipinski definition) is 2. The fourth-order valence-electron chi connectivity index (χ4n) is 3.02. The second-order valence-corrected chi connectivity index (χ2v) is 9.35. The molecule has 3 aromatic rings. The van der Waals surface area contributed by atoms with Gasteiger partial charge in [-0.15, -0.1) is 22.0 Å². The standard InChI is InChI=1S/C23H26N4O3S2/c1-4-19(21(28)24-17-8-6-7-16(13-17)22(29)30)32-23-26-25-20(27(23)5-2)14-31-18-11-9-15(3)10-12-18/h6-13,19H,4-5,14H2,1-3H3,(H,24,28)(H,29,30). The molecule has 168 valence electrons. The highest BCUT2D eigenvalue weighted by Gasteiger charge is 2.22. The smallest absolute Gasteiger partial charge is 0.335 e. The highest BCUT2D eigenvalue weighted by molar-refractivity contribution is 8.00. The van der Waals surface area contributed by atoms with Crippen LogP contribution in [-0.4, -0.2) is 37.0 Å². The summed E-state index contributed by atoms with van der Waals surface area (Å²) in [5, 5.41) is 21.0. The van der Waals surface area contributed by atoms with Gasteiger partial charge >= 0.3 is 5.97 Å². The van der Waals surface area contributed by atoms with E-state index in [0.29, 0.717) is 29.6 Å². The Bertz CT molecular complexity index is 1080. The number of aromatic carboxylic acids is 1. The van der Waals surface area contributed by atoms with Crippen molar-refractivity contribution in [3.8, 4) is 0 Å². The summed E-state index contributed by atoms with van der Waals surface area (Å²) >= 11 is 3.08. The number of aryl methyl sites for hydroxylation is 1. The maximum Gasteiger partial charge on any atom is 0.335 e. The number of nitrogens with one attached hydrogen (secondary N) is 1. The molecule has 0 radical (unpaired) electrons. The molecule has 0 aliphatic heterocycles. The molecule has 0 aliphatic rings. The van der Waals surface area contributed by atoms with Gasteiger partial charge in [-0.3, -0.25) is 4.79 Å². The lowest BCUT2D eigenvalue weighted by atomic mass is 10.2. The van der Waals surface area contributed by atoms with Crippen molar-refractivity contribution in [1.82, 2.24) is 14.8 Å². The summed E-state index contributed by atoms with van der Waals surface area (Å²) in [6, 6.07) is 14.6. The Hall–Kier alpha value is -2.78. The Kier molecular flexibility index (Phi) is 8.35. The van der Waals surface area contributed by atoms with E-state index in [-0.39, 0.29) is 16.7 Å². The second-order valence-electron chi connectivity index (χ2n) is 7.13. The molecule has 0 bridgehead atoms. The highest BCUT2D eigenvalue weighted by atomic mass is 32.2. The van der Waals surface area contributed by atoms with Gasteiger partial charge < -0.3 is 15.0 Å². The zero-order chi connectivity index (χ0) is 23.1. The summed E-state index contributed by atoms with van der Waals surface area (Å²) in [5.41, 5.74) is 1.81. The van der Waals surface area contributed by atoms with Crippen molar-refractivity contribution < 1.29 is 14.7 Å². The van der Waals surface area contributed by atoms with Gasteiger partial charge in [0.1, 0.15) is 5.82 Å². The minimum absolute atomic E-state index is 0.130. The Balaban J connectivity index is 1.67. The summed E-state index contributed by atoms with van der Waals surface area (Å²) < 4.78 is 2.03. The number of anilines is 1. The Morgan fingerprint density at radius 3 is 2.53 bits per heavy atom. The molecule has 1 atom stereocenters. The zero-order valence-electron chi connectivity index (χ0n) is 18.2. The number of hydrogen-bond acceptors (Lipinski definition) is 6. The van der Waals surface area contributed by atoms with Gasteiger partial charge in [-0.2, -0.15) is 0 Å². The largest absolute Gasteiger partial charge is 0.478 e. The Morgan fingerprint density at radius 1 is 1.12 bits per heavy atom. The van der Waals surface area contributed by atoms with Crippen molar-refractivity contribution in [3.05, 3.63) is 65.5 Å². The minimum Gasteiger partial charge on any atom is -0.478 e. The van der Waals surface area contributed by atoms with E-state index in [1.54, 1.807) is 23.9 Å². The molecule has 2 aromatic carbocycles. The molecule has 1 aromatic heterocycles. The third kappa shape index (κ3) is 6.14. The summed E-state index contributed by atoms with van der Waals surface area (Å²) in [7, 11) is 0. The van der Waals surface area contributed by atoms with Crippen LogP contribution in [0.25, 0.3) is 0 Å². The molecule has 0 aliphatic carbocycles. The molecule has 0 fully saturated rings. The lowest BCUT2D eigenvalue weighted by Gasteiger charge is -2.15. The number of benzene rings is 2. The summed E-state index contributed by atoms with van der Waals surface area (Å²) in [6.45, 7) is 6.74. The zero-order valence-corrected chi connectivity index (χ0v) is 19.9. The molecule has 0 saturated carbocycles. The van der Waals surface area contributed by atoms with Crippen LogP contribution in [0, 0.1) is 6.92 Å². The number of carboxylic acids is 1. The van der Waals surface area contributed by atoms with Crippen LogP contribution in [0.5, 0.6) is 0 Å². The number of amides is 1. The average Bonchev–Trinajstić information content (AvgIpc) is 3.18. The van der Waals surface area contributed by atoms with Gasteiger partial charge in [-0.1, -0.05) is 42.4 Å². The van der Waals surface area contributed by atoms with E-state index in [9.17, 15) is 9.59 Å². The monoisotopic (exact) mass is 470 g/mol. The highest BCUT2D eigenvalue weighted by Crippen LogP contribution is 2.28. The first-order chi connectivity index (χ1) is 15.4. The third-order valence-electron chi connectivity index (χ3n) is 4.79.